The van der Waals surface area contributed by atoms with Gasteiger partial charge in [-0.25, -0.2) is 8.78 Å². The molecular weight excluding hydrogens is 342 g/mol. The Morgan fingerprint density at radius 2 is 1.96 bits per heavy atom. The summed E-state index contributed by atoms with van der Waals surface area (Å²) in [7, 11) is 1.50. The monoisotopic (exact) mass is 358 g/mol. The molecule has 4 rings (SSSR count). The van der Waals surface area contributed by atoms with Crippen LogP contribution in [0.3, 0.4) is 0 Å². The molecule has 0 bridgehead atoms. The van der Waals surface area contributed by atoms with Gasteiger partial charge in [-0.05, 0) is 36.6 Å². The largest absolute Gasteiger partial charge is 0.497 e. The molecule has 0 atom stereocenters. The first-order valence-corrected chi connectivity index (χ1v) is 8.26. The van der Waals surface area contributed by atoms with Crippen molar-refractivity contribution in [2.45, 2.75) is 12.8 Å². The van der Waals surface area contributed by atoms with Gasteiger partial charge in [0, 0.05) is 18.7 Å². The molecule has 0 radical (unpaired) electrons. The normalized spacial score (nSPS) is 16.0. The van der Waals surface area contributed by atoms with Gasteiger partial charge in [-0.15, -0.1) is 0 Å². The number of hydrogen-bond donors (Lipinski definition) is 0. The van der Waals surface area contributed by atoms with E-state index in [1.165, 1.54) is 18.1 Å². The molecule has 2 aromatic carbocycles. The zero-order valence-corrected chi connectivity index (χ0v) is 14.1. The average Bonchev–Trinajstić information content (AvgIpc) is 2.85. The smallest absolute Gasteiger partial charge is 0.300 e. The summed E-state index contributed by atoms with van der Waals surface area (Å²) in [6.45, 7) is 0.521. The summed E-state index contributed by atoms with van der Waals surface area (Å²) in [5.74, 6) is -2.03. The summed E-state index contributed by atoms with van der Waals surface area (Å²) in [5, 5.41) is 0. The van der Waals surface area contributed by atoms with Gasteiger partial charge in [-0.3, -0.25) is 14.5 Å². The number of fused-ring (bicyclic) bond motifs is 2. The first-order valence-electron chi connectivity index (χ1n) is 8.26. The first-order chi connectivity index (χ1) is 12.5. The lowest BCUT2D eigenvalue weighted by Crippen LogP contribution is -2.43. The highest BCUT2D eigenvalue weighted by Crippen LogP contribution is 2.35. The van der Waals surface area contributed by atoms with Crippen molar-refractivity contribution >= 4 is 23.1 Å². The van der Waals surface area contributed by atoms with Crippen molar-refractivity contribution in [3.63, 3.8) is 0 Å². The van der Waals surface area contributed by atoms with Crippen LogP contribution in [0.1, 0.15) is 22.3 Å². The third-order valence-corrected chi connectivity index (χ3v) is 4.79. The van der Waals surface area contributed by atoms with Crippen LogP contribution in [0.15, 0.2) is 30.3 Å². The zero-order chi connectivity index (χ0) is 18.4. The lowest BCUT2D eigenvalue weighted by atomic mass is 10.0. The predicted molar refractivity (Wildman–Crippen MR) is 91.7 cm³/mol. The van der Waals surface area contributed by atoms with Gasteiger partial charge >= 0.3 is 5.91 Å². The molecule has 0 saturated heterocycles. The summed E-state index contributed by atoms with van der Waals surface area (Å²) in [4.78, 5) is 27.7. The number of rotatable bonds is 3. The molecule has 2 aliphatic heterocycles. The number of aryl methyl sites for hydroxylation is 1. The first kappa shape index (κ1) is 16.5. The number of anilines is 2. The van der Waals surface area contributed by atoms with Crippen molar-refractivity contribution in [1.29, 1.82) is 0 Å². The maximum atomic E-state index is 14.4. The van der Waals surface area contributed by atoms with Gasteiger partial charge in [0.15, 0.2) is 0 Å². The number of carbonyl (C=O) groups excluding carboxylic acids is 2. The van der Waals surface area contributed by atoms with Crippen LogP contribution in [0, 0.1) is 11.6 Å². The third kappa shape index (κ3) is 2.51. The molecule has 0 fully saturated rings. The number of hydrogen-bond acceptors (Lipinski definition) is 4. The van der Waals surface area contributed by atoms with Crippen molar-refractivity contribution in [3.8, 4) is 5.75 Å². The Kier molecular flexibility index (Phi) is 3.86. The Labute approximate surface area is 148 Å². The van der Waals surface area contributed by atoms with E-state index in [9.17, 15) is 18.4 Å². The van der Waals surface area contributed by atoms with E-state index in [1.54, 1.807) is 23.1 Å². The molecular formula is C19H16F2N2O3. The predicted octanol–water partition coefficient (Wildman–Crippen LogP) is 2.91. The van der Waals surface area contributed by atoms with E-state index in [-0.39, 0.29) is 12.4 Å². The standard InChI is InChI=1S/C19H16F2N2O3/c1-26-13-4-5-14-16(9-13)23(19(25)18(14)24)10-22-6-2-3-11-7-12(20)8-15(21)17(11)22/h4-5,7-9H,2-3,6,10H2,1H3. The SMILES string of the molecule is COc1ccc2c(c1)N(CN1CCCc3cc(F)cc(F)c31)C(=O)C2=O. The highest BCUT2D eigenvalue weighted by Gasteiger charge is 2.38. The maximum absolute atomic E-state index is 14.4. The number of ether oxygens (including phenoxy) is 1. The molecule has 2 aliphatic rings. The summed E-state index contributed by atoms with van der Waals surface area (Å²) < 4.78 is 33.0. The summed E-state index contributed by atoms with van der Waals surface area (Å²) in [5.41, 5.74) is 1.59. The molecule has 0 unspecified atom stereocenters. The van der Waals surface area contributed by atoms with Crippen LogP contribution in [0.2, 0.25) is 0 Å². The minimum Gasteiger partial charge on any atom is -0.497 e. The fourth-order valence-electron chi connectivity index (χ4n) is 3.59. The van der Waals surface area contributed by atoms with Crippen molar-refractivity contribution in [2.24, 2.45) is 0 Å². The second-order valence-corrected chi connectivity index (χ2v) is 6.35. The summed E-state index contributed by atoms with van der Waals surface area (Å²) >= 11 is 0. The number of benzene rings is 2. The lowest BCUT2D eigenvalue weighted by Gasteiger charge is -2.34. The van der Waals surface area contributed by atoms with Crippen LogP contribution in [0.25, 0.3) is 0 Å². The Bertz CT molecular complexity index is 929. The van der Waals surface area contributed by atoms with E-state index < -0.39 is 23.3 Å². The molecule has 2 aromatic rings. The maximum Gasteiger partial charge on any atom is 0.300 e. The van der Waals surface area contributed by atoms with Gasteiger partial charge in [0.1, 0.15) is 17.4 Å². The number of methoxy groups -OCH3 is 1. The van der Waals surface area contributed by atoms with Crippen LogP contribution < -0.4 is 14.5 Å². The zero-order valence-electron chi connectivity index (χ0n) is 14.1. The minimum absolute atomic E-state index is 0.0142. The summed E-state index contributed by atoms with van der Waals surface area (Å²) in [6, 6.07) is 6.94. The van der Waals surface area contributed by atoms with E-state index in [0.29, 0.717) is 42.0 Å². The van der Waals surface area contributed by atoms with Crippen LogP contribution in [0.4, 0.5) is 20.2 Å². The molecule has 134 valence electrons. The van der Waals surface area contributed by atoms with Crippen LogP contribution in [-0.4, -0.2) is 32.0 Å². The molecule has 0 aliphatic carbocycles. The highest BCUT2D eigenvalue weighted by atomic mass is 19.1. The second kappa shape index (κ2) is 6.09. The fourth-order valence-corrected chi connectivity index (χ4v) is 3.59. The minimum atomic E-state index is -0.664. The van der Waals surface area contributed by atoms with Gasteiger partial charge in [-0.2, -0.15) is 0 Å². The van der Waals surface area contributed by atoms with Crippen LogP contribution in [0.5, 0.6) is 5.75 Å². The third-order valence-electron chi connectivity index (χ3n) is 4.79. The number of carbonyl (C=O) groups is 2. The number of halogens is 2. The van der Waals surface area contributed by atoms with E-state index >= 15 is 0 Å². The Morgan fingerprint density at radius 1 is 1.15 bits per heavy atom. The van der Waals surface area contributed by atoms with E-state index in [1.807, 2.05) is 0 Å². The van der Waals surface area contributed by atoms with Crippen LogP contribution >= 0.6 is 0 Å². The Balaban J connectivity index is 1.72. The Morgan fingerprint density at radius 3 is 2.73 bits per heavy atom. The molecule has 0 spiro atoms. The molecule has 26 heavy (non-hydrogen) atoms. The van der Waals surface area contributed by atoms with Crippen molar-refractivity contribution < 1.29 is 23.1 Å². The molecule has 0 aromatic heterocycles. The average molecular weight is 358 g/mol. The van der Waals surface area contributed by atoms with Gasteiger partial charge in [-0.1, -0.05) is 0 Å². The van der Waals surface area contributed by atoms with E-state index in [2.05, 4.69) is 0 Å². The number of nitrogens with zero attached hydrogens (tertiary/aromatic N) is 2. The summed E-state index contributed by atoms with van der Waals surface area (Å²) in [6.07, 6.45) is 1.27. The van der Waals surface area contributed by atoms with Gasteiger partial charge in [0.05, 0.1) is 30.7 Å². The molecule has 0 N–H and O–H groups in total. The molecule has 5 nitrogen and oxygen atoms in total. The van der Waals surface area contributed by atoms with Crippen molar-refractivity contribution in [2.75, 3.05) is 30.1 Å². The molecule has 2 heterocycles. The second-order valence-electron chi connectivity index (χ2n) is 6.35. The fraction of sp³-hybridized carbons (Fsp3) is 0.263. The van der Waals surface area contributed by atoms with Crippen molar-refractivity contribution in [3.05, 3.63) is 53.1 Å². The van der Waals surface area contributed by atoms with Gasteiger partial charge in [0.2, 0.25) is 0 Å². The molecule has 0 saturated carbocycles. The topological polar surface area (TPSA) is 49.9 Å². The number of ketones is 1. The highest BCUT2D eigenvalue weighted by molar-refractivity contribution is 6.52. The van der Waals surface area contributed by atoms with Gasteiger partial charge in [0.25, 0.3) is 5.78 Å². The molecule has 1 amide bonds. The molecule has 7 heteroatoms. The van der Waals surface area contributed by atoms with E-state index in [0.717, 1.165) is 6.07 Å². The number of Topliss-reactive ketones (excluding diaryl/α,β-unsaturated/α-hetero) is 1. The van der Waals surface area contributed by atoms with Crippen LogP contribution in [-0.2, 0) is 11.2 Å². The number of amides is 1. The quantitative estimate of drug-likeness (QED) is 0.792. The lowest BCUT2D eigenvalue weighted by molar-refractivity contribution is -0.114. The van der Waals surface area contributed by atoms with Gasteiger partial charge < -0.3 is 9.64 Å². The van der Waals surface area contributed by atoms with E-state index in [4.69, 9.17) is 4.74 Å². The van der Waals surface area contributed by atoms with Crippen molar-refractivity contribution in [1.82, 2.24) is 0 Å². The Hall–Kier alpha value is -2.96.